The monoisotopic (exact) mass is 310 g/mol. The Labute approximate surface area is 110 Å². The topological polar surface area (TPSA) is 26.3 Å². The second-order valence-corrected chi connectivity index (χ2v) is 4.97. The first-order valence-electron chi connectivity index (χ1n) is 5.22. The van der Waals surface area contributed by atoms with Gasteiger partial charge in [0.1, 0.15) is 5.76 Å². The first kappa shape index (κ1) is 18.7. The maximum Gasteiger partial charge on any atom is 0.460 e. The molecule has 118 valence electrons. The summed E-state index contributed by atoms with van der Waals surface area (Å²) in [6.07, 6.45) is -6.59. The fourth-order valence-electron chi connectivity index (χ4n) is 1.12. The minimum Gasteiger partial charge on any atom is -0.500 e. The molecule has 0 aliphatic carbocycles. The lowest BCUT2D eigenvalue weighted by molar-refractivity contribution is -0.342. The van der Waals surface area contributed by atoms with Gasteiger partial charge in [-0.05, 0) is 0 Å². The Morgan fingerprint density at radius 3 is 1.60 bits per heavy atom. The molecule has 0 aromatic heterocycles. The number of carbonyl (C=O) groups is 1. The van der Waals surface area contributed by atoms with Crippen LogP contribution in [0.4, 0.5) is 30.7 Å². The number of hydrogen-bond acceptors (Lipinski definition) is 2. The minimum absolute atomic E-state index is 0.0420. The summed E-state index contributed by atoms with van der Waals surface area (Å²) in [6.45, 7) is 4.20. The molecule has 0 atom stereocenters. The van der Waals surface area contributed by atoms with Gasteiger partial charge in [-0.25, -0.2) is 0 Å². The van der Waals surface area contributed by atoms with Crippen LogP contribution in [0.3, 0.4) is 0 Å². The minimum atomic E-state index is -6.55. The van der Waals surface area contributed by atoms with E-state index in [1.165, 1.54) is 20.8 Å². The Kier molecular flexibility index (Phi) is 4.91. The molecule has 0 aliphatic heterocycles. The maximum absolute atomic E-state index is 13.1. The predicted octanol–water partition coefficient (Wildman–Crippen LogP) is 3.96. The average molecular weight is 310 g/mol. The van der Waals surface area contributed by atoms with Crippen LogP contribution < -0.4 is 0 Å². The lowest BCUT2D eigenvalue weighted by atomic mass is 9.92. The number of ether oxygens (including phenoxy) is 1. The molecule has 0 aliphatic rings. The largest absolute Gasteiger partial charge is 0.500 e. The van der Waals surface area contributed by atoms with E-state index in [-0.39, 0.29) is 6.08 Å². The highest BCUT2D eigenvalue weighted by molar-refractivity contribution is 5.97. The van der Waals surface area contributed by atoms with Crippen molar-refractivity contribution in [3.8, 4) is 0 Å². The van der Waals surface area contributed by atoms with Gasteiger partial charge >= 0.3 is 18.0 Å². The molecule has 0 amide bonds. The van der Waals surface area contributed by atoms with E-state index in [0.717, 1.165) is 7.11 Å². The van der Waals surface area contributed by atoms with E-state index in [1.807, 2.05) is 0 Å². The summed E-state index contributed by atoms with van der Waals surface area (Å²) >= 11 is 0. The standard InChI is InChI=1S/C11H13F7O2/c1-8(2,3)7(20-4)5-6(19)9(12,13)10(14,15)11(16,17)18/h5H,1-4H3/b7-5-. The van der Waals surface area contributed by atoms with E-state index in [0.29, 0.717) is 0 Å². The molecule has 0 unspecified atom stereocenters. The molecule has 20 heavy (non-hydrogen) atoms. The van der Waals surface area contributed by atoms with Crippen molar-refractivity contribution in [3.63, 3.8) is 0 Å². The molecule has 2 nitrogen and oxygen atoms in total. The second kappa shape index (κ2) is 5.25. The van der Waals surface area contributed by atoms with Crippen LogP contribution >= 0.6 is 0 Å². The van der Waals surface area contributed by atoms with Crippen molar-refractivity contribution in [1.82, 2.24) is 0 Å². The number of rotatable bonds is 4. The van der Waals surface area contributed by atoms with Crippen LogP contribution in [-0.2, 0) is 9.53 Å². The number of ketones is 1. The number of carbonyl (C=O) groups excluding carboxylic acids is 1. The molecule has 0 bridgehead atoms. The van der Waals surface area contributed by atoms with Crippen molar-refractivity contribution >= 4 is 5.78 Å². The first-order valence-corrected chi connectivity index (χ1v) is 5.22. The van der Waals surface area contributed by atoms with Gasteiger partial charge in [-0.1, -0.05) is 20.8 Å². The van der Waals surface area contributed by atoms with Gasteiger partial charge in [0, 0.05) is 11.5 Å². The molecule has 0 aromatic carbocycles. The van der Waals surface area contributed by atoms with Crippen LogP contribution in [0.2, 0.25) is 0 Å². The van der Waals surface area contributed by atoms with E-state index in [2.05, 4.69) is 4.74 Å². The molecular formula is C11H13F7O2. The molecule has 0 saturated heterocycles. The van der Waals surface area contributed by atoms with Crippen molar-refractivity contribution in [3.05, 3.63) is 11.8 Å². The number of methoxy groups -OCH3 is 1. The number of allylic oxidation sites excluding steroid dienone is 2. The van der Waals surface area contributed by atoms with Crippen LogP contribution in [0, 0.1) is 5.41 Å². The van der Waals surface area contributed by atoms with Gasteiger partial charge in [-0.15, -0.1) is 0 Å². The van der Waals surface area contributed by atoms with E-state index >= 15 is 0 Å². The Balaban J connectivity index is 5.66. The Morgan fingerprint density at radius 1 is 0.950 bits per heavy atom. The normalized spacial score (nSPS) is 15.2. The zero-order chi connectivity index (χ0) is 16.6. The van der Waals surface area contributed by atoms with Gasteiger partial charge in [0.2, 0.25) is 5.78 Å². The van der Waals surface area contributed by atoms with Crippen LogP contribution in [0.25, 0.3) is 0 Å². The molecule has 0 radical (unpaired) electrons. The van der Waals surface area contributed by atoms with Gasteiger partial charge in [0.05, 0.1) is 7.11 Å². The van der Waals surface area contributed by atoms with Crippen molar-refractivity contribution in [1.29, 1.82) is 0 Å². The predicted molar refractivity (Wildman–Crippen MR) is 55.5 cm³/mol. The van der Waals surface area contributed by atoms with Crippen LogP contribution in [0.15, 0.2) is 11.8 Å². The second-order valence-electron chi connectivity index (χ2n) is 4.97. The van der Waals surface area contributed by atoms with Crippen molar-refractivity contribution < 1.29 is 40.3 Å². The average Bonchev–Trinajstić information content (AvgIpc) is 2.21. The Bertz CT molecular complexity index is 402. The zero-order valence-corrected chi connectivity index (χ0v) is 11.0. The molecule has 0 fully saturated rings. The van der Waals surface area contributed by atoms with Crippen LogP contribution in [-0.4, -0.2) is 30.9 Å². The molecule has 0 spiro atoms. The summed E-state index contributed by atoms with van der Waals surface area (Å²) in [7, 11) is 0.977. The smallest absolute Gasteiger partial charge is 0.460 e. The van der Waals surface area contributed by atoms with E-state index < -0.39 is 35.0 Å². The molecule has 0 N–H and O–H groups in total. The fourth-order valence-corrected chi connectivity index (χ4v) is 1.12. The van der Waals surface area contributed by atoms with E-state index in [4.69, 9.17) is 0 Å². The number of alkyl halides is 7. The van der Waals surface area contributed by atoms with Crippen molar-refractivity contribution in [2.45, 2.75) is 38.8 Å². The third-order valence-corrected chi connectivity index (χ3v) is 2.28. The van der Waals surface area contributed by atoms with Gasteiger partial charge in [0.25, 0.3) is 0 Å². The highest BCUT2D eigenvalue weighted by atomic mass is 19.4. The van der Waals surface area contributed by atoms with Crippen molar-refractivity contribution in [2.24, 2.45) is 5.41 Å². The van der Waals surface area contributed by atoms with Crippen LogP contribution in [0.5, 0.6) is 0 Å². The molecule has 0 rings (SSSR count). The quantitative estimate of drug-likeness (QED) is 0.446. The Hall–Kier alpha value is -1.28. The summed E-state index contributed by atoms with van der Waals surface area (Å²) in [6, 6.07) is 0. The third-order valence-electron chi connectivity index (χ3n) is 2.28. The van der Waals surface area contributed by atoms with Gasteiger partial charge in [-0.3, -0.25) is 4.79 Å². The summed E-state index contributed by atoms with van der Waals surface area (Å²) in [4.78, 5) is 11.1. The number of hydrogen-bond donors (Lipinski definition) is 0. The molecule has 0 heterocycles. The summed E-state index contributed by atoms with van der Waals surface area (Å²) in [5.74, 6) is -15.5. The molecule has 0 saturated carbocycles. The lowest BCUT2D eigenvalue weighted by Gasteiger charge is -2.27. The fraction of sp³-hybridized carbons (Fsp3) is 0.727. The Morgan fingerprint density at radius 2 is 1.35 bits per heavy atom. The van der Waals surface area contributed by atoms with Gasteiger partial charge in [-0.2, -0.15) is 30.7 Å². The highest BCUT2D eigenvalue weighted by Crippen LogP contribution is 2.47. The molecule has 0 aromatic rings. The molecule has 9 heteroatoms. The highest BCUT2D eigenvalue weighted by Gasteiger charge is 2.75. The third kappa shape index (κ3) is 3.43. The summed E-state index contributed by atoms with van der Waals surface area (Å²) < 4.78 is 91.7. The first-order chi connectivity index (χ1) is 8.59. The van der Waals surface area contributed by atoms with Crippen LogP contribution in [0.1, 0.15) is 20.8 Å². The maximum atomic E-state index is 13.1. The van der Waals surface area contributed by atoms with Gasteiger partial charge in [0.15, 0.2) is 0 Å². The SMILES string of the molecule is CO/C(=C\C(=O)C(F)(F)C(F)(F)C(F)(F)F)C(C)(C)C. The molecular weight excluding hydrogens is 297 g/mol. The number of halogens is 7. The summed E-state index contributed by atoms with van der Waals surface area (Å²) in [5, 5.41) is 0. The zero-order valence-electron chi connectivity index (χ0n) is 11.0. The van der Waals surface area contributed by atoms with Crippen molar-refractivity contribution in [2.75, 3.05) is 7.11 Å². The summed E-state index contributed by atoms with van der Waals surface area (Å²) in [5.41, 5.74) is -1.02. The van der Waals surface area contributed by atoms with Gasteiger partial charge < -0.3 is 4.74 Å². The lowest BCUT2D eigenvalue weighted by Crippen LogP contribution is -2.55. The van der Waals surface area contributed by atoms with E-state index in [1.54, 1.807) is 0 Å². The van der Waals surface area contributed by atoms with E-state index in [9.17, 15) is 35.5 Å².